The maximum atomic E-state index is 9.86. The Kier molecular flexibility index (Phi) is 14.5. The van der Waals surface area contributed by atoms with Crippen molar-refractivity contribution in [3.8, 4) is 0 Å². The molecular formula is C3H4KLiO7. The Morgan fingerprint density at radius 2 is 1.25 bits per heavy atom. The van der Waals surface area contributed by atoms with E-state index in [4.69, 9.17) is 10.2 Å². The molecule has 0 aliphatic carbocycles. The van der Waals surface area contributed by atoms with Gasteiger partial charge in [0.2, 0.25) is 0 Å². The molecule has 0 aliphatic heterocycles. The third kappa shape index (κ3) is 13.1. The Balaban J connectivity index is -0.0000000675. The molecule has 0 bridgehead atoms. The average molecular weight is 198 g/mol. The predicted octanol–water partition coefficient (Wildman–Crippen LogP) is -5.27. The van der Waals surface area contributed by atoms with Gasteiger partial charge in [-0.25, -0.2) is 14.4 Å². The molecule has 0 unspecified atom stereocenters. The Hall–Kier alpha value is 0.444. The van der Waals surface area contributed by atoms with Gasteiger partial charge in [0.15, 0.2) is 0 Å². The van der Waals surface area contributed by atoms with E-state index in [9.17, 15) is 14.4 Å². The minimum Gasteiger partial charge on any atom is -1.00 e. The van der Waals surface area contributed by atoms with E-state index in [1.165, 1.54) is 0 Å². The second-order valence-corrected chi connectivity index (χ2v) is 0.986. The van der Waals surface area contributed by atoms with Crippen molar-refractivity contribution in [3.05, 3.63) is 0 Å². The summed E-state index contributed by atoms with van der Waals surface area (Å²) in [5, 5.41) is 15.4. The summed E-state index contributed by atoms with van der Waals surface area (Å²) >= 11 is 0. The molecule has 0 aromatic rings. The van der Waals surface area contributed by atoms with Crippen LogP contribution in [0, 0.1) is 0 Å². The van der Waals surface area contributed by atoms with Crippen molar-refractivity contribution in [2.45, 2.75) is 0 Å². The van der Waals surface area contributed by atoms with Gasteiger partial charge in [-0.3, -0.25) is 0 Å². The van der Waals surface area contributed by atoms with E-state index in [1.54, 1.807) is 0 Å². The first kappa shape index (κ1) is 18.3. The van der Waals surface area contributed by atoms with Gasteiger partial charge in [-0.1, -0.05) is 0 Å². The second-order valence-electron chi connectivity index (χ2n) is 0.986. The Bertz CT molecular complexity index is 170. The average Bonchev–Trinajstić information content (AvgIpc) is 1.58. The van der Waals surface area contributed by atoms with Crippen molar-refractivity contribution in [1.29, 1.82) is 0 Å². The largest absolute Gasteiger partial charge is 1.00 e. The molecule has 9 heteroatoms. The fourth-order valence-electron chi connectivity index (χ4n) is 0.163. The molecule has 0 radical (unpaired) electrons. The molecule has 0 heterocycles. The summed E-state index contributed by atoms with van der Waals surface area (Å²) in [7, 11) is 0. The summed E-state index contributed by atoms with van der Waals surface area (Å²) in [4.78, 5) is 28.8. The molecule has 2 N–H and O–H groups in total. The van der Waals surface area contributed by atoms with Crippen LogP contribution in [0.25, 0.3) is 0 Å². The molecule has 60 valence electrons. The number of carbonyl (C=O) groups excluding carboxylic acids is 1. The maximum absolute atomic E-state index is 9.86. The smallest absolute Gasteiger partial charge is 1.00 e. The molecule has 7 nitrogen and oxygen atoms in total. The Morgan fingerprint density at radius 1 is 1.00 bits per heavy atom. The summed E-state index contributed by atoms with van der Waals surface area (Å²) in [5.41, 5.74) is 0. The molecule has 0 saturated carbocycles. The fraction of sp³-hybridized carbons (Fsp3) is 0. The normalized spacial score (nSPS) is 6.67. The van der Waals surface area contributed by atoms with Crippen molar-refractivity contribution >= 4 is 18.5 Å². The van der Waals surface area contributed by atoms with Gasteiger partial charge in [-0.05, 0) is 0 Å². The van der Waals surface area contributed by atoms with E-state index in [1.807, 2.05) is 0 Å². The zero-order valence-corrected chi connectivity index (χ0v) is 9.56. The first-order valence-electron chi connectivity index (χ1n) is 1.88. The van der Waals surface area contributed by atoms with Gasteiger partial charge < -0.3 is 22.5 Å². The zero-order chi connectivity index (χ0) is 8.15. The summed E-state index contributed by atoms with van der Waals surface area (Å²) < 4.78 is 6.47. The SMILES string of the molecule is O=C(O)OC(=O)OC(=O)O.[H-].[H-].[K+].[Li+]. The van der Waals surface area contributed by atoms with Crippen molar-refractivity contribution in [2.24, 2.45) is 0 Å². The molecule has 0 atom stereocenters. The van der Waals surface area contributed by atoms with E-state index in [2.05, 4.69) is 9.47 Å². The molecule has 0 fully saturated rings. The number of ether oxygens (including phenoxy) is 2. The van der Waals surface area contributed by atoms with Crippen LogP contribution >= 0.6 is 0 Å². The van der Waals surface area contributed by atoms with Gasteiger partial charge >= 0.3 is 88.7 Å². The number of rotatable bonds is 0. The predicted molar refractivity (Wildman–Crippen MR) is 25.8 cm³/mol. The van der Waals surface area contributed by atoms with E-state index in [0.29, 0.717) is 0 Å². The van der Waals surface area contributed by atoms with Crippen LogP contribution in [-0.2, 0) is 9.47 Å². The van der Waals surface area contributed by atoms with E-state index < -0.39 is 18.5 Å². The van der Waals surface area contributed by atoms with Gasteiger partial charge in [-0.2, -0.15) is 0 Å². The Morgan fingerprint density at radius 3 is 1.42 bits per heavy atom. The van der Waals surface area contributed by atoms with Gasteiger partial charge in [0, 0.05) is 0 Å². The molecule has 0 amide bonds. The topological polar surface area (TPSA) is 110 Å². The van der Waals surface area contributed by atoms with Crippen LogP contribution in [-0.4, -0.2) is 28.7 Å². The van der Waals surface area contributed by atoms with Crippen molar-refractivity contribution in [3.63, 3.8) is 0 Å². The Labute approximate surface area is 124 Å². The van der Waals surface area contributed by atoms with E-state index in [-0.39, 0.29) is 73.1 Å². The van der Waals surface area contributed by atoms with Crippen LogP contribution in [0.3, 0.4) is 0 Å². The van der Waals surface area contributed by atoms with Crippen LogP contribution in [0.4, 0.5) is 14.4 Å². The van der Waals surface area contributed by atoms with Crippen LogP contribution in [0.15, 0.2) is 0 Å². The first-order chi connectivity index (χ1) is 4.52. The number of carbonyl (C=O) groups is 3. The first-order valence-corrected chi connectivity index (χ1v) is 1.88. The van der Waals surface area contributed by atoms with Gasteiger partial charge in [0.05, 0.1) is 0 Å². The molecule has 0 aromatic carbocycles. The van der Waals surface area contributed by atoms with Gasteiger partial charge in [0.1, 0.15) is 0 Å². The van der Waals surface area contributed by atoms with Crippen molar-refractivity contribution in [2.75, 3.05) is 0 Å². The zero-order valence-electron chi connectivity index (χ0n) is 8.44. The summed E-state index contributed by atoms with van der Waals surface area (Å²) in [6, 6.07) is 0. The third-order valence-corrected chi connectivity index (χ3v) is 0.341. The third-order valence-electron chi connectivity index (χ3n) is 0.341. The van der Waals surface area contributed by atoms with E-state index >= 15 is 0 Å². The van der Waals surface area contributed by atoms with Crippen LogP contribution in [0.1, 0.15) is 2.85 Å². The summed E-state index contributed by atoms with van der Waals surface area (Å²) in [6.45, 7) is 0. The van der Waals surface area contributed by atoms with Gasteiger partial charge in [-0.15, -0.1) is 0 Å². The van der Waals surface area contributed by atoms with Crippen LogP contribution in [0.5, 0.6) is 0 Å². The molecule has 0 spiro atoms. The molecule has 0 aliphatic rings. The quantitative estimate of drug-likeness (QED) is 0.227. The molecule has 0 rings (SSSR count). The van der Waals surface area contributed by atoms with Gasteiger partial charge in [0.25, 0.3) is 0 Å². The minimum absolute atomic E-state index is 0. The number of hydrogen-bond donors (Lipinski definition) is 2. The molecule has 12 heavy (non-hydrogen) atoms. The van der Waals surface area contributed by atoms with E-state index in [0.717, 1.165) is 0 Å². The van der Waals surface area contributed by atoms with Crippen LogP contribution in [0.2, 0.25) is 0 Å². The standard InChI is InChI=1S/C3H2O7.K.Li.2H/c4-1(5)9-3(8)10-2(6)7;;;;/h(H,4,5)(H,6,7);;;;/q;2*+1;2*-1. The second kappa shape index (κ2) is 9.53. The van der Waals surface area contributed by atoms with Crippen LogP contribution < -0.4 is 70.2 Å². The molecular weight excluding hydrogens is 194 g/mol. The number of carboxylic acid groups (broad SMARTS) is 2. The summed E-state index contributed by atoms with van der Waals surface area (Å²) in [5.74, 6) is 0. The number of hydrogen-bond acceptors (Lipinski definition) is 5. The monoisotopic (exact) mass is 198 g/mol. The molecule has 0 aromatic heterocycles. The maximum Gasteiger partial charge on any atom is 1.00 e. The fourth-order valence-corrected chi connectivity index (χ4v) is 0.163. The minimum atomic E-state index is -1.92. The molecule has 0 saturated heterocycles. The van der Waals surface area contributed by atoms with Crippen molar-refractivity contribution < 1.29 is 107 Å². The summed E-state index contributed by atoms with van der Waals surface area (Å²) in [6.07, 6.45) is -5.64. The van der Waals surface area contributed by atoms with Crippen molar-refractivity contribution in [1.82, 2.24) is 0 Å².